The summed E-state index contributed by atoms with van der Waals surface area (Å²) in [7, 11) is 0. The normalized spacial score (nSPS) is 43.4. The van der Waals surface area contributed by atoms with E-state index in [1.165, 1.54) is 19.3 Å². The second kappa shape index (κ2) is 32.0. The minimum Gasteiger partial charge on any atom is -0.396 e. The fourth-order valence-electron chi connectivity index (χ4n) is 36.8. The Balaban J connectivity index is 0.543. The van der Waals surface area contributed by atoms with E-state index in [4.69, 9.17) is 30.9 Å². The van der Waals surface area contributed by atoms with Crippen LogP contribution in [0.2, 0.25) is 0 Å². The summed E-state index contributed by atoms with van der Waals surface area (Å²) >= 11 is 0. The molecule has 12 saturated carbocycles. The first-order valence-electron chi connectivity index (χ1n) is 52.7. The average molecular weight is 1780 g/mol. The summed E-state index contributed by atoms with van der Waals surface area (Å²) in [5.74, 6) is 4.36. The number of hydrogen-bond donors (Lipinski definition) is 7. The highest BCUT2D eigenvalue weighted by Crippen LogP contribution is 2.81. The minimum absolute atomic E-state index is 0.00627. The van der Waals surface area contributed by atoms with Gasteiger partial charge in [-0.05, 0) is 366 Å². The lowest BCUT2D eigenvalue weighted by atomic mass is 9.33. The lowest BCUT2D eigenvalue weighted by Gasteiger charge is -2.71. The van der Waals surface area contributed by atoms with E-state index in [2.05, 4.69) is 180 Å². The molecule has 0 saturated heterocycles. The van der Waals surface area contributed by atoms with Crippen LogP contribution in [-0.4, -0.2) is 128 Å². The van der Waals surface area contributed by atoms with E-state index < -0.39 is 21.7 Å². The third kappa shape index (κ3) is 14.5. The highest BCUT2D eigenvalue weighted by atomic mass is 16.3. The number of nitrogens with one attached hydrogen (secondary N) is 3. The molecule has 3 aromatic rings. The van der Waals surface area contributed by atoms with E-state index in [0.29, 0.717) is 113 Å². The van der Waals surface area contributed by atoms with Crippen molar-refractivity contribution in [2.45, 2.75) is 414 Å². The van der Waals surface area contributed by atoms with Crippen LogP contribution in [0, 0.1) is 156 Å². The molecule has 0 aromatic carbocycles. The third-order valence-corrected chi connectivity index (χ3v) is 45.5. The number of aromatic nitrogens is 9. The Labute approximate surface area is 776 Å². The van der Waals surface area contributed by atoms with Crippen molar-refractivity contribution in [3.8, 4) is 0 Å². The molecule has 0 unspecified atom stereocenters. The second-order valence-corrected chi connectivity index (χ2v) is 54.2. The number of aryl methyl sites for hydroxylation is 3. The first-order valence-corrected chi connectivity index (χ1v) is 52.7. The summed E-state index contributed by atoms with van der Waals surface area (Å²) in [6, 6.07) is 0. The minimum atomic E-state index is -0.905. The molecule has 24 atom stereocenters. The fraction of sp³-hybridized carbons (Fsp3) is 0.864. The van der Waals surface area contributed by atoms with Gasteiger partial charge in [0.05, 0.1) is 83.3 Å². The molecule has 129 heavy (non-hydrogen) atoms. The van der Waals surface area contributed by atoms with Crippen LogP contribution in [0.3, 0.4) is 0 Å². The Morgan fingerprint density at radius 3 is 0.884 bits per heavy atom. The molecule has 3 heterocycles. The molecule has 15 aliphatic carbocycles. The molecule has 7 N–H and O–H groups in total. The van der Waals surface area contributed by atoms with E-state index in [-0.39, 0.29) is 142 Å². The molecule has 18 rings (SSSR count). The topological polar surface area (TPSA) is 260 Å². The third-order valence-electron chi connectivity index (χ3n) is 45.5. The number of carbonyl (C=O) groups excluding carboxylic acids is 3. The van der Waals surface area contributed by atoms with Gasteiger partial charge in [0.15, 0.2) is 0 Å². The summed E-state index contributed by atoms with van der Waals surface area (Å²) in [4.78, 5) is 46.0. The van der Waals surface area contributed by atoms with Crippen molar-refractivity contribution in [2.75, 3.05) is 26.2 Å². The molecular weight excluding hydrogens is 1600 g/mol. The molecule has 0 aliphatic heterocycles. The van der Waals surface area contributed by atoms with Crippen LogP contribution in [0.15, 0.2) is 53.5 Å². The van der Waals surface area contributed by atoms with Crippen LogP contribution in [0.5, 0.6) is 0 Å². The molecule has 3 aromatic heterocycles. The van der Waals surface area contributed by atoms with Crippen LogP contribution in [0.1, 0.15) is 374 Å². The lowest BCUT2D eigenvalue weighted by molar-refractivity contribution is -0.203. The maximum atomic E-state index is 15.3. The Hall–Kier alpha value is -5.11. The number of aliphatic hydroxyl groups excluding tert-OH is 4. The Bertz CT molecular complexity index is 4380. The largest absolute Gasteiger partial charge is 0.396 e. The summed E-state index contributed by atoms with van der Waals surface area (Å²) in [5, 5.41) is 85.5. The maximum absolute atomic E-state index is 15.3. The van der Waals surface area contributed by atoms with Crippen LogP contribution in [0.4, 0.5) is 0 Å². The number of hydrogen-bond acceptors (Lipinski definition) is 13. The number of aliphatic hydroxyl groups is 4. The van der Waals surface area contributed by atoms with Gasteiger partial charge in [0.25, 0.3) is 0 Å². The van der Waals surface area contributed by atoms with Gasteiger partial charge in [-0.2, -0.15) is 0 Å². The number of nitrogens with zero attached hydrogens (tertiary/aromatic N) is 9. The predicted molar refractivity (Wildman–Crippen MR) is 509 cm³/mol. The molecule has 12 fully saturated rings. The quantitative estimate of drug-likeness (QED) is 0.0365. The van der Waals surface area contributed by atoms with Gasteiger partial charge in [-0.15, -0.1) is 15.3 Å². The fourth-order valence-corrected chi connectivity index (χ4v) is 36.8. The molecule has 0 spiro atoms. The number of allylic oxidation sites excluding steroid dienone is 6. The Morgan fingerprint density at radius 1 is 0.357 bits per heavy atom. The van der Waals surface area contributed by atoms with Crippen molar-refractivity contribution in [1.82, 2.24) is 60.9 Å². The van der Waals surface area contributed by atoms with Gasteiger partial charge in [-0.3, -0.25) is 28.4 Å². The first kappa shape index (κ1) is 94.3. The van der Waals surface area contributed by atoms with E-state index in [9.17, 15) is 20.4 Å². The Kier molecular flexibility index (Phi) is 23.4. The molecule has 0 bridgehead atoms. The monoisotopic (exact) mass is 1780 g/mol. The molecular formula is C110H174N12O7. The predicted octanol–water partition coefficient (Wildman–Crippen LogP) is 20.5. The van der Waals surface area contributed by atoms with Crippen LogP contribution in [0.25, 0.3) is 0 Å². The van der Waals surface area contributed by atoms with Gasteiger partial charge >= 0.3 is 0 Å². The van der Waals surface area contributed by atoms with Gasteiger partial charge in [0.1, 0.15) is 0 Å². The van der Waals surface area contributed by atoms with Gasteiger partial charge in [-0.1, -0.05) is 196 Å². The molecule has 716 valence electrons. The molecule has 15 aliphatic rings. The summed E-state index contributed by atoms with van der Waals surface area (Å²) in [6.45, 7) is 54.3. The lowest BCUT2D eigenvalue weighted by Crippen LogP contribution is -2.65. The maximum Gasteiger partial charge on any atom is 0.226 e. The van der Waals surface area contributed by atoms with Crippen molar-refractivity contribution in [2.24, 2.45) is 156 Å². The number of rotatable bonds is 22. The van der Waals surface area contributed by atoms with Crippen molar-refractivity contribution < 1.29 is 34.8 Å². The molecule has 19 nitrogen and oxygen atoms in total. The van der Waals surface area contributed by atoms with Crippen LogP contribution < -0.4 is 16.0 Å². The van der Waals surface area contributed by atoms with Gasteiger partial charge in [-0.25, -0.2) is 0 Å². The SMILES string of the molecule is CC1(C)CC[C@]2(C(=O)NCCCc3cn(CC(CO)(Cn4cc(CCCNC(=O)[C@]56CCC(C)(C)C[C@H]5C5=CC[C@@H]7[C@@]8(C)CC[C@H](O)C(C)(C)[C@@H]8CC[C@@]7(C)[C@]5(C)CC6)nn4)Cn4cc(CCCNC(=O)[C@]56CCC(C)(C)C[C@H]5C5=CC[C@@H]7[C@@]8(C)CC[C@H](O)C(C)(C)[C@@H]8CC[C@@]7(C)[C@]5(C)CC6)nn4)nn3)CC[C@]3(C)C(=CC[C@@H]4[C@@]5(C)CC[C@H](O)C(C)(C)[C@@H]5CC[C@]43C)[C@@H]2C1. The highest BCUT2D eigenvalue weighted by Gasteiger charge is 2.74. The van der Waals surface area contributed by atoms with Crippen molar-refractivity contribution >= 4 is 17.7 Å². The zero-order chi connectivity index (χ0) is 92.4. The molecule has 19 heteroatoms. The second-order valence-electron chi connectivity index (χ2n) is 54.2. The van der Waals surface area contributed by atoms with Crippen molar-refractivity contribution in [1.29, 1.82) is 0 Å². The Morgan fingerprint density at radius 2 is 0.620 bits per heavy atom. The van der Waals surface area contributed by atoms with Crippen LogP contribution >= 0.6 is 0 Å². The number of amides is 3. The van der Waals surface area contributed by atoms with Crippen molar-refractivity contribution in [3.63, 3.8) is 0 Å². The van der Waals surface area contributed by atoms with E-state index in [1.54, 1.807) is 16.7 Å². The summed E-state index contributed by atoms with van der Waals surface area (Å²) < 4.78 is 5.56. The van der Waals surface area contributed by atoms with Gasteiger partial charge in [0.2, 0.25) is 17.7 Å². The van der Waals surface area contributed by atoms with Gasteiger partial charge in [0, 0.05) is 38.2 Å². The molecule has 0 radical (unpaired) electrons. The average Bonchev–Trinajstić information content (AvgIpc) is 0.988. The number of fused-ring (bicyclic) bond motifs is 21. The zero-order valence-corrected chi connectivity index (χ0v) is 84.3. The standard InChI is InChI=1S/C110H174N12O7/c1-92(2)46-52-108(55-49-101(16)74(77(108)61-92)28-31-83-98(13)40-37-86(124)95(7,8)80(98)34-43-104(83,101)19)89(127)111-58-22-25-71-64-120(117-114-71)67-107(70-123,68-121-65-72(115-118-121)26-23-59-112-90(128)109-53-47-93(3,4)62-78(109)75-29-32-84-99(14)41-38-87(125)96(9,10)81(99)35-44-105(84,20)102(75,17)50-56-109)69-122-66-73(116-119-122)27-24-60-113-91(129)110-54-48-94(5,6)63-79(110)76-30-33-85-100(15)42-39-88(126)97(11,12)82(100)36-45-106(85,21)103(76,18)51-57-110/h28-30,64-66,77-88,123-126H,22-27,31-63,67-70H2,1-21H3,(H,111,127)(H,112,128)(H,113,129)/t77-,78-,79-,80-,81-,82-,83+,84+,85+,86-,87-,88-,98-,99-,100-,101+,102+,103+,104+,105+,106+,108-,109-,110-/m0/s1. The first-order chi connectivity index (χ1) is 60.4. The summed E-state index contributed by atoms with van der Waals surface area (Å²) in [6.07, 6.45) is 48.0. The highest BCUT2D eigenvalue weighted by molar-refractivity contribution is 5.85. The van der Waals surface area contributed by atoms with E-state index in [1.807, 2.05) is 32.6 Å². The van der Waals surface area contributed by atoms with Crippen molar-refractivity contribution in [3.05, 3.63) is 70.6 Å². The van der Waals surface area contributed by atoms with E-state index >= 15 is 14.4 Å². The number of carbonyl (C=O) groups is 3. The zero-order valence-electron chi connectivity index (χ0n) is 84.3. The van der Waals surface area contributed by atoms with E-state index in [0.717, 1.165) is 190 Å². The smallest absolute Gasteiger partial charge is 0.226 e. The molecule has 3 amide bonds. The van der Waals surface area contributed by atoms with Crippen LogP contribution in [-0.2, 0) is 53.3 Å². The van der Waals surface area contributed by atoms with Gasteiger partial charge < -0.3 is 36.4 Å². The summed E-state index contributed by atoms with van der Waals surface area (Å²) in [5.41, 5.74) is 5.91.